The van der Waals surface area contributed by atoms with E-state index in [1.54, 1.807) is 12.1 Å². The summed E-state index contributed by atoms with van der Waals surface area (Å²) >= 11 is 11.9. The van der Waals surface area contributed by atoms with Crippen LogP contribution in [0.25, 0.3) is 11.5 Å². The highest BCUT2D eigenvalue weighted by molar-refractivity contribution is 7.91. The number of hydrogen-bond acceptors (Lipinski definition) is 6. The first kappa shape index (κ1) is 19.3. The number of nitrogens with one attached hydrogen (secondary N) is 1. The molecule has 7 nitrogen and oxygen atoms in total. The Morgan fingerprint density at radius 1 is 1.15 bits per heavy atom. The summed E-state index contributed by atoms with van der Waals surface area (Å²) in [5.41, 5.74) is 0.610. The number of aromatic nitrogens is 2. The number of benzene rings is 2. The van der Waals surface area contributed by atoms with E-state index in [1.165, 1.54) is 37.3 Å². The van der Waals surface area contributed by atoms with Crippen molar-refractivity contribution >= 4 is 45.0 Å². The van der Waals surface area contributed by atoms with Crippen LogP contribution in [0.1, 0.15) is 17.3 Å². The number of rotatable bonds is 5. The number of carbonyl (C=O) groups excluding carboxylic acids is 1. The standard InChI is InChI=1S/C17H13Cl2N3O4S/c1-2-27(24,25)12-5-3-4-10(8-12)15(23)20-17-22-21-16(26-17)13-7-6-11(18)9-14(13)19/h3-9H,2H2,1H3,(H,20,22,23). The van der Waals surface area contributed by atoms with Gasteiger partial charge in [0, 0.05) is 10.6 Å². The van der Waals surface area contributed by atoms with Crippen LogP contribution in [0.15, 0.2) is 51.8 Å². The second kappa shape index (κ2) is 7.67. The highest BCUT2D eigenvalue weighted by Crippen LogP contribution is 2.30. The summed E-state index contributed by atoms with van der Waals surface area (Å²) in [6.07, 6.45) is 0. The average molecular weight is 426 g/mol. The van der Waals surface area contributed by atoms with E-state index in [4.69, 9.17) is 27.6 Å². The van der Waals surface area contributed by atoms with E-state index >= 15 is 0 Å². The quantitative estimate of drug-likeness (QED) is 0.660. The molecule has 2 aromatic carbocycles. The molecule has 0 aliphatic rings. The Kier molecular flexibility index (Phi) is 5.50. The third-order valence-electron chi connectivity index (χ3n) is 3.64. The molecule has 0 bridgehead atoms. The van der Waals surface area contributed by atoms with Crippen molar-refractivity contribution in [3.8, 4) is 11.5 Å². The van der Waals surface area contributed by atoms with Gasteiger partial charge in [-0.05, 0) is 36.4 Å². The van der Waals surface area contributed by atoms with Gasteiger partial charge in [-0.25, -0.2) is 8.42 Å². The molecule has 3 aromatic rings. The van der Waals surface area contributed by atoms with E-state index in [0.717, 1.165) is 0 Å². The molecule has 27 heavy (non-hydrogen) atoms. The van der Waals surface area contributed by atoms with E-state index in [1.807, 2.05) is 0 Å². The van der Waals surface area contributed by atoms with Gasteiger partial charge < -0.3 is 4.42 Å². The van der Waals surface area contributed by atoms with E-state index in [2.05, 4.69) is 15.5 Å². The zero-order valence-corrected chi connectivity index (χ0v) is 16.3. The number of anilines is 1. The number of hydrogen-bond donors (Lipinski definition) is 1. The predicted octanol–water partition coefficient (Wildman–Crippen LogP) is 4.09. The van der Waals surface area contributed by atoms with Crippen LogP contribution in [0.5, 0.6) is 0 Å². The first-order valence-corrected chi connectivity index (χ1v) is 10.1. The van der Waals surface area contributed by atoms with Gasteiger partial charge in [-0.15, -0.1) is 5.10 Å². The molecule has 1 amide bonds. The van der Waals surface area contributed by atoms with Gasteiger partial charge in [0.25, 0.3) is 11.8 Å². The van der Waals surface area contributed by atoms with Crippen LogP contribution in [0.4, 0.5) is 6.01 Å². The maximum atomic E-state index is 12.4. The summed E-state index contributed by atoms with van der Waals surface area (Å²) in [5.74, 6) is -0.540. The van der Waals surface area contributed by atoms with Gasteiger partial charge in [0.1, 0.15) is 0 Å². The van der Waals surface area contributed by atoms with Crippen molar-refractivity contribution in [3.05, 3.63) is 58.1 Å². The zero-order valence-electron chi connectivity index (χ0n) is 13.9. The lowest BCUT2D eigenvalue weighted by molar-refractivity contribution is 0.102. The van der Waals surface area contributed by atoms with Crippen LogP contribution in [-0.2, 0) is 9.84 Å². The van der Waals surface area contributed by atoms with Crippen molar-refractivity contribution in [2.24, 2.45) is 0 Å². The van der Waals surface area contributed by atoms with Crippen LogP contribution >= 0.6 is 23.2 Å². The summed E-state index contributed by atoms with van der Waals surface area (Å²) in [6.45, 7) is 1.53. The first-order chi connectivity index (χ1) is 12.8. The third-order valence-corrected chi connectivity index (χ3v) is 5.92. The first-order valence-electron chi connectivity index (χ1n) is 7.73. The predicted molar refractivity (Wildman–Crippen MR) is 102 cm³/mol. The summed E-state index contributed by atoms with van der Waals surface area (Å²) < 4.78 is 29.3. The van der Waals surface area contributed by atoms with Crippen molar-refractivity contribution in [2.75, 3.05) is 11.1 Å². The van der Waals surface area contributed by atoms with E-state index in [9.17, 15) is 13.2 Å². The molecule has 0 atom stereocenters. The largest absolute Gasteiger partial charge is 0.403 e. The molecular formula is C17H13Cl2N3O4S. The monoisotopic (exact) mass is 425 g/mol. The van der Waals surface area contributed by atoms with Gasteiger partial charge in [0.05, 0.1) is 21.2 Å². The molecule has 10 heteroatoms. The van der Waals surface area contributed by atoms with Gasteiger partial charge in [-0.1, -0.05) is 41.3 Å². The van der Waals surface area contributed by atoms with Gasteiger partial charge in [0.2, 0.25) is 0 Å². The maximum Gasteiger partial charge on any atom is 0.322 e. The van der Waals surface area contributed by atoms with Crippen LogP contribution in [-0.4, -0.2) is 30.3 Å². The minimum atomic E-state index is -3.42. The Bertz CT molecular complexity index is 1110. The Labute approximate surface area is 165 Å². The topological polar surface area (TPSA) is 102 Å². The summed E-state index contributed by atoms with van der Waals surface area (Å²) in [4.78, 5) is 12.4. The molecule has 0 aliphatic carbocycles. The van der Waals surface area contributed by atoms with Crippen molar-refractivity contribution in [1.29, 1.82) is 0 Å². The van der Waals surface area contributed by atoms with E-state index in [-0.39, 0.29) is 28.1 Å². The zero-order chi connectivity index (χ0) is 19.6. The van der Waals surface area contributed by atoms with Gasteiger partial charge in [0.15, 0.2) is 9.84 Å². The van der Waals surface area contributed by atoms with Gasteiger partial charge in [-0.2, -0.15) is 0 Å². The maximum absolute atomic E-state index is 12.4. The minimum absolute atomic E-state index is 0.0626. The second-order valence-corrected chi connectivity index (χ2v) is 8.54. The van der Waals surface area contributed by atoms with Gasteiger partial charge in [-0.3, -0.25) is 10.1 Å². The van der Waals surface area contributed by atoms with Crippen molar-refractivity contribution in [1.82, 2.24) is 10.2 Å². The molecule has 0 spiro atoms. The Morgan fingerprint density at radius 3 is 2.63 bits per heavy atom. The smallest absolute Gasteiger partial charge is 0.322 e. The fraction of sp³-hybridized carbons (Fsp3) is 0.118. The number of halogens is 2. The highest BCUT2D eigenvalue weighted by atomic mass is 35.5. The summed E-state index contributed by atoms with van der Waals surface area (Å²) in [7, 11) is -3.42. The van der Waals surface area contributed by atoms with Crippen molar-refractivity contribution < 1.29 is 17.6 Å². The second-order valence-electron chi connectivity index (χ2n) is 5.42. The SMILES string of the molecule is CCS(=O)(=O)c1cccc(C(=O)Nc2nnc(-c3ccc(Cl)cc3Cl)o2)c1. The molecule has 1 N–H and O–H groups in total. The van der Waals surface area contributed by atoms with Crippen molar-refractivity contribution in [3.63, 3.8) is 0 Å². The van der Waals surface area contributed by atoms with Crippen LogP contribution < -0.4 is 5.32 Å². The fourth-order valence-corrected chi connectivity index (χ4v) is 3.63. The number of amides is 1. The molecule has 3 rings (SSSR count). The summed E-state index contributed by atoms with van der Waals surface area (Å²) in [6, 6.07) is 10.3. The van der Waals surface area contributed by atoms with E-state index in [0.29, 0.717) is 15.6 Å². The Morgan fingerprint density at radius 2 is 1.93 bits per heavy atom. The van der Waals surface area contributed by atoms with E-state index < -0.39 is 15.7 Å². The van der Waals surface area contributed by atoms with Crippen LogP contribution in [0, 0.1) is 0 Å². The lowest BCUT2D eigenvalue weighted by atomic mass is 10.2. The molecule has 1 aromatic heterocycles. The lowest BCUT2D eigenvalue weighted by Crippen LogP contribution is -2.13. The van der Waals surface area contributed by atoms with Crippen molar-refractivity contribution in [2.45, 2.75) is 11.8 Å². The van der Waals surface area contributed by atoms with Gasteiger partial charge >= 0.3 is 6.01 Å². The molecule has 0 unspecified atom stereocenters. The molecular weight excluding hydrogens is 413 g/mol. The number of sulfone groups is 1. The molecule has 0 fully saturated rings. The Hall–Kier alpha value is -2.42. The van der Waals surface area contributed by atoms with Crippen LogP contribution in [0.2, 0.25) is 10.0 Å². The molecule has 0 aliphatic heterocycles. The normalized spacial score (nSPS) is 11.4. The number of carbonyl (C=O) groups is 1. The average Bonchev–Trinajstić information content (AvgIpc) is 3.10. The number of nitrogens with zero attached hydrogens (tertiary/aromatic N) is 2. The lowest BCUT2D eigenvalue weighted by Gasteiger charge is -2.04. The van der Waals surface area contributed by atoms with Crippen LogP contribution in [0.3, 0.4) is 0 Å². The molecule has 0 radical (unpaired) electrons. The Balaban J connectivity index is 1.82. The highest BCUT2D eigenvalue weighted by Gasteiger charge is 2.17. The molecule has 0 saturated heterocycles. The fourth-order valence-electron chi connectivity index (χ4n) is 2.21. The molecule has 140 valence electrons. The third kappa shape index (κ3) is 4.29. The summed E-state index contributed by atoms with van der Waals surface area (Å²) in [5, 5.41) is 10.8. The molecule has 1 heterocycles. The molecule has 0 saturated carbocycles. The minimum Gasteiger partial charge on any atom is -0.403 e.